The summed E-state index contributed by atoms with van der Waals surface area (Å²) in [6.07, 6.45) is 6.76. The Kier molecular flexibility index (Phi) is 3.93. The number of benzene rings is 1. The van der Waals surface area contributed by atoms with Crippen molar-refractivity contribution in [1.82, 2.24) is 24.8 Å². The van der Waals surface area contributed by atoms with Gasteiger partial charge in [-0.05, 0) is 56.1 Å². The molecular weight excluding hydrogens is 338 g/mol. The minimum Gasteiger partial charge on any atom is -0.351 e. The van der Waals surface area contributed by atoms with Crippen LogP contribution in [0.15, 0.2) is 48.9 Å². The van der Waals surface area contributed by atoms with Crippen molar-refractivity contribution in [2.45, 2.75) is 25.8 Å². The summed E-state index contributed by atoms with van der Waals surface area (Å²) < 4.78 is 1.98. The fourth-order valence-corrected chi connectivity index (χ4v) is 4.47. The molecule has 6 nitrogen and oxygen atoms in total. The molecule has 1 N–H and O–H groups in total. The second kappa shape index (κ2) is 6.46. The highest BCUT2D eigenvalue weighted by molar-refractivity contribution is 5.83. The van der Waals surface area contributed by atoms with Crippen LogP contribution >= 0.6 is 0 Å². The molecule has 2 unspecified atom stereocenters. The van der Waals surface area contributed by atoms with Gasteiger partial charge in [-0.3, -0.25) is 9.36 Å². The van der Waals surface area contributed by atoms with E-state index in [1.54, 1.807) is 6.33 Å². The Balaban J connectivity index is 1.28. The molecule has 1 amide bonds. The largest absolute Gasteiger partial charge is 0.351 e. The standard InChI is InChI=1S/C21H23N5O/c27-20(21-8-3-10-25(14-21)11-9-21)23-13-16-6-7-19(22-12-16)26-15-24-17-4-1-2-5-18(17)26/h1-2,4-7,12,15H,3,8-11,13-14H2,(H,23,27). The molecular formula is C21H23N5O. The lowest BCUT2D eigenvalue weighted by Crippen LogP contribution is -2.45. The highest BCUT2D eigenvalue weighted by atomic mass is 16.2. The Morgan fingerprint density at radius 1 is 1.11 bits per heavy atom. The number of nitrogens with one attached hydrogen (secondary N) is 1. The smallest absolute Gasteiger partial charge is 0.227 e. The fraction of sp³-hybridized carbons (Fsp3) is 0.381. The lowest BCUT2D eigenvalue weighted by molar-refractivity contribution is -0.131. The molecule has 6 heteroatoms. The summed E-state index contributed by atoms with van der Waals surface area (Å²) in [6, 6.07) is 12.0. The molecule has 2 aliphatic heterocycles. The molecule has 0 radical (unpaired) electrons. The molecule has 4 heterocycles. The van der Waals surface area contributed by atoms with E-state index in [-0.39, 0.29) is 11.3 Å². The maximum absolute atomic E-state index is 12.8. The predicted octanol–water partition coefficient (Wildman–Crippen LogP) is 2.52. The summed E-state index contributed by atoms with van der Waals surface area (Å²) in [5, 5.41) is 3.15. The fourth-order valence-electron chi connectivity index (χ4n) is 4.47. The number of para-hydroxylation sites is 2. The first-order valence-electron chi connectivity index (χ1n) is 9.62. The number of imidazole rings is 1. The van der Waals surface area contributed by atoms with Gasteiger partial charge >= 0.3 is 0 Å². The van der Waals surface area contributed by atoms with E-state index in [2.05, 4.69) is 20.2 Å². The quantitative estimate of drug-likeness (QED) is 0.776. The van der Waals surface area contributed by atoms with Gasteiger partial charge in [-0.25, -0.2) is 9.97 Å². The van der Waals surface area contributed by atoms with Gasteiger partial charge in [-0.2, -0.15) is 0 Å². The first-order chi connectivity index (χ1) is 13.2. The van der Waals surface area contributed by atoms with E-state index < -0.39 is 0 Å². The molecule has 0 saturated carbocycles. The topological polar surface area (TPSA) is 63.1 Å². The van der Waals surface area contributed by atoms with E-state index in [0.717, 1.165) is 61.3 Å². The van der Waals surface area contributed by atoms with Crippen LogP contribution in [0.1, 0.15) is 24.8 Å². The number of piperidine rings is 1. The zero-order chi connectivity index (χ0) is 18.3. The Labute approximate surface area is 158 Å². The molecule has 1 aromatic carbocycles. The summed E-state index contributed by atoms with van der Waals surface area (Å²) >= 11 is 0. The number of aromatic nitrogens is 3. The van der Waals surface area contributed by atoms with Crippen molar-refractivity contribution in [2.24, 2.45) is 5.41 Å². The van der Waals surface area contributed by atoms with Crippen LogP contribution in [0.25, 0.3) is 16.9 Å². The van der Waals surface area contributed by atoms with Crippen LogP contribution in [0, 0.1) is 5.41 Å². The average Bonchev–Trinajstić information content (AvgIpc) is 3.28. The van der Waals surface area contributed by atoms with Gasteiger partial charge in [0.2, 0.25) is 5.91 Å². The molecule has 3 aromatic rings. The highest BCUT2D eigenvalue weighted by Crippen LogP contribution is 2.39. The van der Waals surface area contributed by atoms with E-state index in [4.69, 9.17) is 0 Å². The number of carbonyl (C=O) groups is 1. The maximum Gasteiger partial charge on any atom is 0.227 e. The second-order valence-corrected chi connectivity index (χ2v) is 7.72. The summed E-state index contributed by atoms with van der Waals surface area (Å²) in [4.78, 5) is 24.2. The number of hydrogen-bond acceptors (Lipinski definition) is 4. The molecule has 2 aliphatic rings. The van der Waals surface area contributed by atoms with Crippen molar-refractivity contribution in [1.29, 1.82) is 0 Å². The molecule has 2 fully saturated rings. The van der Waals surface area contributed by atoms with Gasteiger partial charge < -0.3 is 10.2 Å². The summed E-state index contributed by atoms with van der Waals surface area (Å²) in [6.45, 7) is 3.65. The van der Waals surface area contributed by atoms with Crippen LogP contribution in [0.2, 0.25) is 0 Å². The minimum absolute atomic E-state index is 0.165. The van der Waals surface area contributed by atoms with Gasteiger partial charge in [0.1, 0.15) is 12.1 Å². The lowest BCUT2D eigenvalue weighted by Gasteiger charge is -2.32. The Bertz CT molecular complexity index is 976. The summed E-state index contributed by atoms with van der Waals surface area (Å²) in [5.74, 6) is 1.03. The third-order valence-electron chi connectivity index (χ3n) is 6.01. The first-order valence-corrected chi connectivity index (χ1v) is 9.62. The van der Waals surface area contributed by atoms with Crippen molar-refractivity contribution in [2.75, 3.05) is 19.6 Å². The van der Waals surface area contributed by atoms with E-state index in [0.29, 0.717) is 6.54 Å². The predicted molar refractivity (Wildman–Crippen MR) is 103 cm³/mol. The van der Waals surface area contributed by atoms with E-state index in [1.807, 2.05) is 47.2 Å². The number of amides is 1. The lowest BCUT2D eigenvalue weighted by atomic mass is 9.80. The first kappa shape index (κ1) is 16.4. The number of hydrogen-bond donors (Lipinski definition) is 1. The van der Waals surface area contributed by atoms with Crippen LogP contribution in [0.5, 0.6) is 0 Å². The molecule has 5 rings (SSSR count). The second-order valence-electron chi connectivity index (χ2n) is 7.72. The Morgan fingerprint density at radius 3 is 2.93 bits per heavy atom. The number of pyridine rings is 1. The third-order valence-corrected chi connectivity index (χ3v) is 6.01. The molecule has 2 atom stereocenters. The van der Waals surface area contributed by atoms with Crippen LogP contribution in [0.4, 0.5) is 0 Å². The molecule has 2 aromatic heterocycles. The van der Waals surface area contributed by atoms with Crippen LogP contribution < -0.4 is 5.32 Å². The van der Waals surface area contributed by atoms with Crippen molar-refractivity contribution in [3.8, 4) is 5.82 Å². The van der Waals surface area contributed by atoms with E-state index >= 15 is 0 Å². The van der Waals surface area contributed by atoms with Gasteiger partial charge in [0.15, 0.2) is 0 Å². The normalized spacial score (nSPS) is 24.2. The molecule has 2 bridgehead atoms. The van der Waals surface area contributed by atoms with Crippen LogP contribution in [-0.4, -0.2) is 45.0 Å². The van der Waals surface area contributed by atoms with Crippen molar-refractivity contribution < 1.29 is 4.79 Å². The van der Waals surface area contributed by atoms with Crippen LogP contribution in [-0.2, 0) is 11.3 Å². The SMILES string of the molecule is O=C(NCc1ccc(-n2cnc3ccccc32)nc1)C12CCCN(CC1)C2. The van der Waals surface area contributed by atoms with Crippen molar-refractivity contribution >= 4 is 16.9 Å². The molecule has 138 valence electrons. The summed E-state index contributed by atoms with van der Waals surface area (Å²) in [7, 11) is 0. The molecule has 0 spiro atoms. The number of carbonyl (C=O) groups excluding carboxylic acids is 1. The third kappa shape index (κ3) is 2.90. The number of rotatable bonds is 4. The summed E-state index contributed by atoms with van der Waals surface area (Å²) in [5.41, 5.74) is 2.83. The van der Waals surface area contributed by atoms with Crippen molar-refractivity contribution in [3.05, 3.63) is 54.5 Å². The van der Waals surface area contributed by atoms with Gasteiger partial charge in [0.25, 0.3) is 0 Å². The zero-order valence-electron chi connectivity index (χ0n) is 15.3. The Morgan fingerprint density at radius 2 is 2.04 bits per heavy atom. The van der Waals surface area contributed by atoms with Crippen molar-refractivity contribution in [3.63, 3.8) is 0 Å². The Hall–Kier alpha value is -2.73. The van der Waals surface area contributed by atoms with Gasteiger partial charge in [0, 0.05) is 19.3 Å². The monoisotopic (exact) mass is 361 g/mol. The number of fused-ring (bicyclic) bond motifs is 3. The minimum atomic E-state index is -0.165. The molecule has 2 saturated heterocycles. The van der Waals surface area contributed by atoms with E-state index in [1.165, 1.54) is 0 Å². The van der Waals surface area contributed by atoms with Gasteiger partial charge in [0.05, 0.1) is 16.4 Å². The van der Waals surface area contributed by atoms with Crippen LogP contribution in [0.3, 0.4) is 0 Å². The highest BCUT2D eigenvalue weighted by Gasteiger charge is 2.46. The number of nitrogens with zero attached hydrogens (tertiary/aromatic N) is 4. The molecule has 27 heavy (non-hydrogen) atoms. The molecule has 0 aliphatic carbocycles. The maximum atomic E-state index is 12.8. The van der Waals surface area contributed by atoms with Gasteiger partial charge in [-0.1, -0.05) is 18.2 Å². The zero-order valence-corrected chi connectivity index (χ0v) is 15.3. The van der Waals surface area contributed by atoms with E-state index in [9.17, 15) is 4.79 Å². The van der Waals surface area contributed by atoms with Gasteiger partial charge in [-0.15, -0.1) is 0 Å². The average molecular weight is 361 g/mol.